The Labute approximate surface area is 138 Å². The van der Waals surface area contributed by atoms with Crippen LogP contribution in [0.1, 0.15) is 36.0 Å². The van der Waals surface area contributed by atoms with E-state index in [1.165, 1.54) is 11.0 Å². The van der Waals surface area contributed by atoms with Crippen LogP contribution in [0.2, 0.25) is 0 Å². The third-order valence-corrected chi connectivity index (χ3v) is 3.81. The van der Waals surface area contributed by atoms with Gasteiger partial charge >= 0.3 is 0 Å². The van der Waals surface area contributed by atoms with Gasteiger partial charge in [0.1, 0.15) is 12.9 Å². The molecule has 2 amide bonds. The first kappa shape index (κ1) is 16.1. The van der Waals surface area contributed by atoms with E-state index in [1.807, 2.05) is 0 Å². The molecule has 2 N–H and O–H groups in total. The van der Waals surface area contributed by atoms with Gasteiger partial charge in [-0.3, -0.25) is 20.4 Å². The maximum atomic E-state index is 12.0. The number of hydrogen-bond acceptors (Lipinski definition) is 6. The molecule has 1 fully saturated rings. The Kier molecular flexibility index (Phi) is 5.12. The summed E-state index contributed by atoms with van der Waals surface area (Å²) in [6, 6.07) is 6.65. The highest BCUT2D eigenvalue weighted by molar-refractivity contribution is 5.95. The maximum Gasteiger partial charge on any atom is 0.269 e. The number of hydrogen-bond donors (Lipinski definition) is 2. The summed E-state index contributed by atoms with van der Waals surface area (Å²) in [4.78, 5) is 23.7. The summed E-state index contributed by atoms with van der Waals surface area (Å²) in [6.07, 6.45) is 5.89. The molecule has 1 aliphatic rings. The lowest BCUT2D eigenvalue weighted by Crippen LogP contribution is -2.43. The minimum Gasteiger partial charge on any atom is -0.368 e. The van der Waals surface area contributed by atoms with Crippen LogP contribution in [0.4, 0.5) is 0 Å². The first-order valence-electron chi connectivity index (χ1n) is 7.76. The molecule has 1 aromatic heterocycles. The Morgan fingerprint density at radius 1 is 1.17 bits per heavy atom. The second-order valence-corrected chi connectivity index (χ2v) is 5.52. The normalized spacial score (nSPS) is 14.5. The van der Waals surface area contributed by atoms with Crippen molar-refractivity contribution in [2.45, 2.75) is 31.8 Å². The maximum absolute atomic E-state index is 12.0. The highest BCUT2D eigenvalue weighted by atomic mass is 16.5. The van der Waals surface area contributed by atoms with Gasteiger partial charge in [-0.25, -0.2) is 4.68 Å². The van der Waals surface area contributed by atoms with Crippen LogP contribution >= 0.6 is 0 Å². The summed E-state index contributed by atoms with van der Waals surface area (Å²) >= 11 is 0. The molecule has 2 aromatic rings. The van der Waals surface area contributed by atoms with E-state index in [0.717, 1.165) is 31.4 Å². The number of carbonyl (C=O) groups is 2. The number of aromatic nitrogens is 4. The van der Waals surface area contributed by atoms with Crippen LogP contribution in [-0.2, 0) is 9.53 Å². The predicted molar refractivity (Wildman–Crippen MR) is 83.0 cm³/mol. The lowest BCUT2D eigenvalue weighted by atomic mass is 10.2. The van der Waals surface area contributed by atoms with Gasteiger partial charge in [-0.05, 0) is 47.5 Å². The van der Waals surface area contributed by atoms with Crippen molar-refractivity contribution in [3.05, 3.63) is 36.2 Å². The first-order valence-corrected chi connectivity index (χ1v) is 7.76. The van der Waals surface area contributed by atoms with Gasteiger partial charge in [0.15, 0.2) is 0 Å². The van der Waals surface area contributed by atoms with Gasteiger partial charge in [-0.2, -0.15) is 0 Å². The summed E-state index contributed by atoms with van der Waals surface area (Å²) in [7, 11) is 0. The van der Waals surface area contributed by atoms with E-state index in [9.17, 15) is 9.59 Å². The van der Waals surface area contributed by atoms with Crippen molar-refractivity contribution in [1.82, 2.24) is 31.1 Å². The number of nitrogens with one attached hydrogen (secondary N) is 2. The summed E-state index contributed by atoms with van der Waals surface area (Å²) in [6.45, 7) is -0.0524. The molecule has 9 heteroatoms. The standard InChI is InChI=1S/C15H18N6O3/c22-14(9-24-13-3-1-2-4-13)17-18-15(23)11-5-7-12(8-6-11)21-10-16-19-20-21/h5-8,10,13H,1-4,9H2,(H,17,22)(H,18,23). The van der Waals surface area contributed by atoms with Gasteiger partial charge in [0, 0.05) is 5.56 Å². The molecule has 24 heavy (non-hydrogen) atoms. The van der Waals surface area contributed by atoms with Crippen LogP contribution in [0.3, 0.4) is 0 Å². The Morgan fingerprint density at radius 3 is 2.58 bits per heavy atom. The zero-order valence-corrected chi connectivity index (χ0v) is 13.0. The molecule has 1 heterocycles. The van der Waals surface area contributed by atoms with Crippen molar-refractivity contribution in [3.63, 3.8) is 0 Å². The minimum absolute atomic E-state index is 0.0524. The molecule has 1 saturated carbocycles. The quantitative estimate of drug-likeness (QED) is 0.767. The third kappa shape index (κ3) is 4.13. The number of rotatable bonds is 5. The lowest BCUT2D eigenvalue weighted by Gasteiger charge is -2.11. The monoisotopic (exact) mass is 330 g/mol. The van der Waals surface area contributed by atoms with Crippen LogP contribution in [0.25, 0.3) is 5.69 Å². The average molecular weight is 330 g/mol. The van der Waals surface area contributed by atoms with E-state index in [4.69, 9.17) is 4.74 Å². The van der Waals surface area contributed by atoms with Gasteiger partial charge < -0.3 is 4.74 Å². The fraction of sp³-hybridized carbons (Fsp3) is 0.400. The molecule has 0 bridgehead atoms. The van der Waals surface area contributed by atoms with Crippen LogP contribution in [0.15, 0.2) is 30.6 Å². The van der Waals surface area contributed by atoms with Crippen molar-refractivity contribution in [3.8, 4) is 5.69 Å². The van der Waals surface area contributed by atoms with E-state index in [1.54, 1.807) is 24.3 Å². The number of benzene rings is 1. The summed E-state index contributed by atoms with van der Waals surface area (Å²) in [5.41, 5.74) is 5.84. The number of amides is 2. The number of hydrazine groups is 1. The second kappa shape index (κ2) is 7.64. The third-order valence-electron chi connectivity index (χ3n) is 3.81. The molecule has 0 aliphatic heterocycles. The fourth-order valence-electron chi connectivity index (χ4n) is 2.53. The summed E-state index contributed by atoms with van der Waals surface area (Å²) in [5.74, 6) is -0.784. The van der Waals surface area contributed by atoms with Crippen LogP contribution in [0, 0.1) is 0 Å². The Hall–Kier alpha value is -2.81. The van der Waals surface area contributed by atoms with Crippen LogP contribution < -0.4 is 10.9 Å². The number of carbonyl (C=O) groups excluding carboxylic acids is 2. The average Bonchev–Trinajstić information content (AvgIpc) is 3.31. The fourth-order valence-corrected chi connectivity index (χ4v) is 2.53. The van der Waals surface area contributed by atoms with Crippen molar-refractivity contribution >= 4 is 11.8 Å². The molecule has 0 atom stereocenters. The molecule has 3 rings (SSSR count). The second-order valence-electron chi connectivity index (χ2n) is 5.52. The highest BCUT2D eigenvalue weighted by Crippen LogP contribution is 2.20. The van der Waals surface area contributed by atoms with Gasteiger partial charge in [-0.1, -0.05) is 12.8 Å². The Bertz CT molecular complexity index is 680. The molecule has 0 saturated heterocycles. The van der Waals surface area contributed by atoms with Crippen LogP contribution in [0.5, 0.6) is 0 Å². The van der Waals surface area contributed by atoms with Gasteiger partial charge in [0.25, 0.3) is 11.8 Å². The number of ether oxygens (including phenoxy) is 1. The molecule has 1 aliphatic carbocycles. The van der Waals surface area contributed by atoms with Crippen molar-refractivity contribution in [1.29, 1.82) is 0 Å². The van der Waals surface area contributed by atoms with Crippen molar-refractivity contribution in [2.75, 3.05) is 6.61 Å². The molecule has 9 nitrogen and oxygen atoms in total. The van der Waals surface area contributed by atoms with Gasteiger partial charge in [-0.15, -0.1) is 5.10 Å². The van der Waals surface area contributed by atoms with Crippen molar-refractivity contribution < 1.29 is 14.3 Å². The molecular formula is C15H18N6O3. The van der Waals surface area contributed by atoms with Gasteiger partial charge in [0.05, 0.1) is 11.8 Å². The number of tetrazole rings is 1. The first-order chi connectivity index (χ1) is 11.7. The molecule has 0 radical (unpaired) electrons. The lowest BCUT2D eigenvalue weighted by molar-refractivity contribution is -0.128. The zero-order chi connectivity index (χ0) is 16.8. The summed E-state index contributed by atoms with van der Waals surface area (Å²) in [5, 5.41) is 10.8. The summed E-state index contributed by atoms with van der Waals surface area (Å²) < 4.78 is 6.95. The Balaban J connectivity index is 1.45. The van der Waals surface area contributed by atoms with E-state index in [-0.39, 0.29) is 18.6 Å². The van der Waals surface area contributed by atoms with Crippen LogP contribution in [-0.4, -0.2) is 44.7 Å². The van der Waals surface area contributed by atoms with E-state index in [2.05, 4.69) is 26.4 Å². The van der Waals surface area contributed by atoms with E-state index >= 15 is 0 Å². The largest absolute Gasteiger partial charge is 0.368 e. The minimum atomic E-state index is -0.410. The zero-order valence-electron chi connectivity index (χ0n) is 13.0. The number of nitrogens with zero attached hydrogens (tertiary/aromatic N) is 4. The molecule has 1 aromatic carbocycles. The topological polar surface area (TPSA) is 111 Å². The van der Waals surface area contributed by atoms with Gasteiger partial charge in [0.2, 0.25) is 0 Å². The molecular weight excluding hydrogens is 312 g/mol. The van der Waals surface area contributed by atoms with E-state index < -0.39 is 5.91 Å². The molecule has 0 unspecified atom stereocenters. The Morgan fingerprint density at radius 2 is 1.92 bits per heavy atom. The van der Waals surface area contributed by atoms with Crippen molar-refractivity contribution in [2.24, 2.45) is 0 Å². The smallest absolute Gasteiger partial charge is 0.269 e. The predicted octanol–water partition coefficient (Wildman–Crippen LogP) is 0.382. The van der Waals surface area contributed by atoms with E-state index in [0.29, 0.717) is 5.56 Å². The SMILES string of the molecule is O=C(COC1CCCC1)NNC(=O)c1ccc(-n2cnnn2)cc1. The highest BCUT2D eigenvalue weighted by Gasteiger charge is 2.16. The molecule has 126 valence electrons. The molecule has 0 spiro atoms.